The van der Waals surface area contributed by atoms with Gasteiger partial charge in [-0.3, -0.25) is 4.79 Å². The molecule has 0 atom stereocenters. The molecule has 0 aliphatic heterocycles. The lowest BCUT2D eigenvalue weighted by molar-refractivity contribution is 0.101. The normalized spacial score (nSPS) is 11.1. The fourth-order valence-corrected chi connectivity index (χ4v) is 2.90. The molecule has 0 spiro atoms. The monoisotopic (exact) mass is 288 g/mol. The van der Waals surface area contributed by atoms with Crippen LogP contribution in [0.15, 0.2) is 60.7 Å². The van der Waals surface area contributed by atoms with Crippen LogP contribution in [0, 0.1) is 0 Å². The van der Waals surface area contributed by atoms with Gasteiger partial charge in [-0.1, -0.05) is 68.4 Å². The van der Waals surface area contributed by atoms with Crippen molar-refractivity contribution in [1.29, 1.82) is 0 Å². The standard InChI is InChI=1S/C21H20O/c1-14(2)16-9-11-18-19(12-10-16)21(13-20(18)15(3)22)17-7-5-4-6-8-17/h4-14H,1-3H3. The number of fused-ring (bicyclic) bond motifs is 1. The first kappa shape index (κ1) is 14.5. The average Bonchev–Trinajstić information content (AvgIpc) is 2.73. The van der Waals surface area contributed by atoms with E-state index >= 15 is 0 Å². The average molecular weight is 288 g/mol. The summed E-state index contributed by atoms with van der Waals surface area (Å²) in [6.45, 7) is 6.01. The summed E-state index contributed by atoms with van der Waals surface area (Å²) in [7, 11) is 0. The molecule has 0 heterocycles. The topological polar surface area (TPSA) is 17.1 Å². The highest BCUT2D eigenvalue weighted by Gasteiger charge is 2.18. The summed E-state index contributed by atoms with van der Waals surface area (Å²) in [5, 5.41) is 0. The van der Waals surface area contributed by atoms with Gasteiger partial charge in [0.15, 0.2) is 5.78 Å². The smallest absolute Gasteiger partial charge is 0.160 e. The zero-order chi connectivity index (χ0) is 15.7. The molecular weight excluding hydrogens is 268 g/mol. The molecule has 0 saturated carbocycles. The first-order valence-corrected chi connectivity index (χ1v) is 7.71. The van der Waals surface area contributed by atoms with E-state index in [0.29, 0.717) is 5.92 Å². The predicted octanol–water partition coefficient (Wildman–Crippen LogP) is 5.78. The number of hydrogen-bond acceptors (Lipinski definition) is 1. The maximum absolute atomic E-state index is 12.0. The molecule has 1 heteroatoms. The van der Waals surface area contributed by atoms with E-state index in [0.717, 1.165) is 27.8 Å². The van der Waals surface area contributed by atoms with E-state index in [2.05, 4.69) is 50.2 Å². The van der Waals surface area contributed by atoms with Crippen LogP contribution in [-0.2, 0) is 0 Å². The lowest BCUT2D eigenvalue weighted by Gasteiger charge is -2.01. The second-order valence-corrected chi connectivity index (χ2v) is 6.04. The molecule has 0 unspecified atom stereocenters. The summed E-state index contributed by atoms with van der Waals surface area (Å²) in [4.78, 5) is 12.0. The number of Topliss-reactive ketones (excluding diaryl/α,β-unsaturated/α-hetero) is 1. The Labute approximate surface area is 132 Å². The minimum absolute atomic E-state index is 0.115. The zero-order valence-electron chi connectivity index (χ0n) is 13.3. The maximum Gasteiger partial charge on any atom is 0.160 e. The Hall–Kier alpha value is -2.41. The van der Waals surface area contributed by atoms with Crippen LogP contribution in [0.25, 0.3) is 22.3 Å². The van der Waals surface area contributed by atoms with Crippen LogP contribution in [0.4, 0.5) is 0 Å². The maximum atomic E-state index is 12.0. The second kappa shape index (κ2) is 5.76. The van der Waals surface area contributed by atoms with Gasteiger partial charge in [0.1, 0.15) is 0 Å². The Bertz CT molecular complexity index is 784. The molecule has 1 aromatic carbocycles. The van der Waals surface area contributed by atoms with Crippen molar-refractivity contribution in [2.75, 3.05) is 0 Å². The molecule has 0 bridgehead atoms. The van der Waals surface area contributed by atoms with Gasteiger partial charge in [-0.2, -0.15) is 0 Å². The van der Waals surface area contributed by atoms with Gasteiger partial charge in [0, 0.05) is 5.56 Å². The second-order valence-electron chi connectivity index (χ2n) is 6.04. The van der Waals surface area contributed by atoms with Gasteiger partial charge in [-0.25, -0.2) is 0 Å². The fraction of sp³-hybridized carbons (Fsp3) is 0.190. The fourth-order valence-electron chi connectivity index (χ4n) is 2.90. The summed E-state index contributed by atoms with van der Waals surface area (Å²) < 4.78 is 0. The van der Waals surface area contributed by atoms with Crippen molar-refractivity contribution in [2.45, 2.75) is 26.7 Å². The SMILES string of the molecule is CC(=O)c1cc(-c2ccccc2)c2ccc(C(C)C)ccc1-2. The molecular formula is C21H20O. The number of rotatable bonds is 3. The number of benzene rings is 1. The lowest BCUT2D eigenvalue weighted by Crippen LogP contribution is -1.89. The molecule has 0 amide bonds. The van der Waals surface area contributed by atoms with Crippen LogP contribution in [0.1, 0.15) is 42.6 Å². The molecule has 0 N–H and O–H groups in total. The molecule has 0 fully saturated rings. The summed E-state index contributed by atoms with van der Waals surface area (Å²) in [6, 6.07) is 20.8. The van der Waals surface area contributed by atoms with E-state index in [-0.39, 0.29) is 5.78 Å². The van der Waals surface area contributed by atoms with Gasteiger partial charge >= 0.3 is 0 Å². The van der Waals surface area contributed by atoms with E-state index < -0.39 is 0 Å². The molecule has 1 aromatic rings. The van der Waals surface area contributed by atoms with Crippen molar-refractivity contribution in [3.63, 3.8) is 0 Å². The van der Waals surface area contributed by atoms with Crippen LogP contribution in [0.3, 0.4) is 0 Å². The van der Waals surface area contributed by atoms with Crippen molar-refractivity contribution in [3.05, 3.63) is 71.8 Å². The lowest BCUT2D eigenvalue weighted by atomic mass is 10.0. The summed E-state index contributed by atoms with van der Waals surface area (Å²) >= 11 is 0. The van der Waals surface area contributed by atoms with Crippen molar-refractivity contribution in [2.24, 2.45) is 0 Å². The highest BCUT2D eigenvalue weighted by Crippen LogP contribution is 2.39. The van der Waals surface area contributed by atoms with Gasteiger partial charge in [-0.15, -0.1) is 0 Å². The molecule has 1 nitrogen and oxygen atoms in total. The van der Waals surface area contributed by atoms with Gasteiger partial charge in [0.05, 0.1) is 0 Å². The summed E-state index contributed by atoms with van der Waals surface area (Å²) in [5.41, 5.74) is 6.55. The summed E-state index contributed by atoms with van der Waals surface area (Å²) in [6.07, 6.45) is 0. The molecule has 110 valence electrons. The molecule has 0 saturated heterocycles. The third-order valence-corrected chi connectivity index (χ3v) is 4.17. The molecule has 2 aliphatic carbocycles. The Kier molecular flexibility index (Phi) is 3.81. The van der Waals surface area contributed by atoms with Gasteiger partial charge in [-0.05, 0) is 46.7 Å². The Morgan fingerprint density at radius 3 is 2.05 bits per heavy atom. The van der Waals surface area contributed by atoms with Crippen LogP contribution < -0.4 is 0 Å². The Balaban J connectivity index is 2.28. The molecule has 22 heavy (non-hydrogen) atoms. The van der Waals surface area contributed by atoms with E-state index in [9.17, 15) is 4.79 Å². The highest BCUT2D eigenvalue weighted by molar-refractivity contribution is 6.06. The Morgan fingerprint density at radius 1 is 0.818 bits per heavy atom. The minimum atomic E-state index is 0.115. The first-order valence-electron chi connectivity index (χ1n) is 7.71. The first-order chi connectivity index (χ1) is 10.6. The minimum Gasteiger partial charge on any atom is -0.294 e. The molecule has 0 aromatic heterocycles. The third kappa shape index (κ3) is 2.55. The van der Waals surface area contributed by atoms with Crippen LogP contribution in [0.5, 0.6) is 0 Å². The van der Waals surface area contributed by atoms with Gasteiger partial charge < -0.3 is 0 Å². The van der Waals surface area contributed by atoms with Gasteiger partial charge in [0.25, 0.3) is 0 Å². The number of ketones is 1. The third-order valence-electron chi connectivity index (χ3n) is 4.17. The largest absolute Gasteiger partial charge is 0.294 e. The van der Waals surface area contributed by atoms with E-state index in [1.807, 2.05) is 24.3 Å². The van der Waals surface area contributed by atoms with Crippen molar-refractivity contribution >= 4 is 5.78 Å². The number of hydrogen-bond donors (Lipinski definition) is 0. The number of carbonyl (C=O) groups excluding carboxylic acids is 1. The van der Waals surface area contributed by atoms with E-state index in [4.69, 9.17) is 0 Å². The van der Waals surface area contributed by atoms with E-state index in [1.54, 1.807) is 6.92 Å². The summed E-state index contributed by atoms with van der Waals surface area (Å²) in [5.74, 6) is 0.585. The Morgan fingerprint density at radius 2 is 1.45 bits per heavy atom. The molecule has 2 aliphatic rings. The van der Waals surface area contributed by atoms with Crippen molar-refractivity contribution in [3.8, 4) is 22.3 Å². The van der Waals surface area contributed by atoms with Crippen LogP contribution in [-0.4, -0.2) is 5.78 Å². The van der Waals surface area contributed by atoms with Crippen LogP contribution in [0.2, 0.25) is 0 Å². The van der Waals surface area contributed by atoms with Crippen LogP contribution >= 0.6 is 0 Å². The van der Waals surface area contributed by atoms with Gasteiger partial charge in [0.2, 0.25) is 0 Å². The highest BCUT2D eigenvalue weighted by atomic mass is 16.1. The van der Waals surface area contributed by atoms with Crippen molar-refractivity contribution < 1.29 is 4.79 Å². The molecule has 3 rings (SSSR count). The predicted molar refractivity (Wildman–Crippen MR) is 92.6 cm³/mol. The zero-order valence-corrected chi connectivity index (χ0v) is 13.3. The number of carbonyl (C=O) groups is 1. The molecule has 0 radical (unpaired) electrons. The van der Waals surface area contributed by atoms with Crippen molar-refractivity contribution in [1.82, 2.24) is 0 Å². The van der Waals surface area contributed by atoms with E-state index in [1.165, 1.54) is 5.56 Å². The quantitative estimate of drug-likeness (QED) is 0.558.